The zero-order valence-corrected chi connectivity index (χ0v) is 25.4. The summed E-state index contributed by atoms with van der Waals surface area (Å²) in [5.74, 6) is 0.924. The molecule has 0 atom stereocenters. The first-order valence-corrected chi connectivity index (χ1v) is 15.8. The maximum Gasteiger partial charge on any atom is 0.0904 e. The van der Waals surface area contributed by atoms with Gasteiger partial charge in [0.15, 0.2) is 0 Å². The third-order valence-corrected chi connectivity index (χ3v) is 7.50. The molecule has 1 aliphatic rings. The van der Waals surface area contributed by atoms with Crippen LogP contribution in [0.2, 0.25) is 0 Å². The Balaban J connectivity index is 0.000000236. The second-order valence-electron chi connectivity index (χ2n) is 10.0. The molecule has 0 unspecified atom stereocenters. The first kappa shape index (κ1) is 28.4. The molecule has 5 heteroatoms. The largest absolute Gasteiger partial charge is 0.352 e. The standard InChI is InChI=1S/C21H28N2.C10H12O.ClH.Ru/c1-14-9-16(3)20(17(4)10-14)22-7-8-23(13-22)21-18(5)11-15(2)12-19(21)6;1-8(2)11-10-7-5-4-6-9(10)3;;/h9-12H,7-8,13H2,1-6H3;3-8H,1-2H3;1H;/q;;;+1/p-1. The smallest absolute Gasteiger partial charge is 0.0904 e. The molecule has 0 radical (unpaired) electrons. The Morgan fingerprint density at radius 2 is 1.22 bits per heavy atom. The Kier molecular flexibility index (Phi) is 10.2. The average Bonchev–Trinajstić information content (AvgIpc) is 3.23. The molecular weight excluding hydrogens is 553 g/mol. The molecule has 0 saturated carbocycles. The van der Waals surface area contributed by atoms with Gasteiger partial charge in [0, 0.05) is 24.5 Å². The predicted molar refractivity (Wildman–Crippen MR) is 154 cm³/mol. The number of nitrogens with zero attached hydrogens (tertiary/aromatic N) is 2. The molecule has 0 spiro atoms. The minimum Gasteiger partial charge on any atom is -0.352 e. The predicted octanol–water partition coefficient (Wildman–Crippen LogP) is 7.68. The van der Waals surface area contributed by atoms with E-state index in [2.05, 4.69) is 75.6 Å². The summed E-state index contributed by atoms with van der Waals surface area (Å²) < 4.78 is 7.66. The molecule has 0 bridgehead atoms. The summed E-state index contributed by atoms with van der Waals surface area (Å²) in [6, 6.07) is 17.2. The number of ether oxygens (including phenoxy) is 1. The van der Waals surface area contributed by atoms with Crippen molar-refractivity contribution in [3.05, 3.63) is 87.5 Å². The quantitative estimate of drug-likeness (QED) is 0.283. The molecule has 4 rings (SSSR count). The van der Waals surface area contributed by atoms with Crippen LogP contribution in [0.25, 0.3) is 0 Å². The maximum absolute atomic E-state index is 5.72. The van der Waals surface area contributed by atoms with Gasteiger partial charge in [0.05, 0.1) is 6.67 Å². The van der Waals surface area contributed by atoms with Gasteiger partial charge in [-0.1, -0.05) is 35.4 Å². The molecule has 0 N–H and O–H groups in total. The van der Waals surface area contributed by atoms with Crippen LogP contribution in [0.5, 0.6) is 5.75 Å². The van der Waals surface area contributed by atoms with Crippen LogP contribution in [-0.2, 0) is 15.7 Å². The monoisotopic (exact) mass is 593 g/mol. The van der Waals surface area contributed by atoms with Crippen molar-refractivity contribution < 1.29 is 20.4 Å². The molecule has 1 saturated heterocycles. The van der Waals surface area contributed by atoms with Gasteiger partial charge in [-0.3, -0.25) is 0 Å². The first-order valence-electron chi connectivity index (χ1n) is 12.6. The number of rotatable bonds is 5. The van der Waals surface area contributed by atoms with Gasteiger partial charge in [-0.05, 0) is 63.8 Å². The molecule has 3 nitrogen and oxygen atoms in total. The third-order valence-electron chi connectivity index (χ3n) is 6.31. The van der Waals surface area contributed by atoms with Crippen molar-refractivity contribution in [2.75, 3.05) is 29.6 Å². The van der Waals surface area contributed by atoms with E-state index < -0.39 is 0 Å². The molecule has 1 aliphatic heterocycles. The number of para-hydroxylation sites is 1. The molecule has 1 fully saturated rings. The van der Waals surface area contributed by atoms with E-state index in [-0.39, 0.29) is 21.8 Å². The molecule has 0 aliphatic carbocycles. The first-order chi connectivity index (χ1) is 17.1. The van der Waals surface area contributed by atoms with E-state index in [0.29, 0.717) is 0 Å². The fourth-order valence-corrected chi connectivity index (χ4v) is 6.37. The third kappa shape index (κ3) is 7.20. The molecular formula is C31H40ClN2ORu. The summed E-state index contributed by atoms with van der Waals surface area (Å²) in [5, 5.41) is 0. The molecule has 36 heavy (non-hydrogen) atoms. The van der Waals surface area contributed by atoms with Crippen LogP contribution in [0.3, 0.4) is 0 Å². The summed E-state index contributed by atoms with van der Waals surface area (Å²) in [4.78, 5) is 5.06. The summed E-state index contributed by atoms with van der Waals surface area (Å²) in [7, 11) is 5.72. The second-order valence-corrected chi connectivity index (χ2v) is 11.8. The molecule has 0 aromatic heterocycles. The van der Waals surface area contributed by atoms with Gasteiger partial charge in [0.2, 0.25) is 0 Å². The number of benzene rings is 3. The van der Waals surface area contributed by atoms with Crippen molar-refractivity contribution in [3.63, 3.8) is 0 Å². The van der Waals surface area contributed by atoms with E-state index in [1.54, 1.807) is 0 Å². The topological polar surface area (TPSA) is 15.7 Å². The molecule has 195 valence electrons. The maximum atomic E-state index is 5.72. The number of hydrogen-bond donors (Lipinski definition) is 0. The Hall–Kier alpha value is -2.16. The summed E-state index contributed by atoms with van der Waals surface area (Å²) in [5.41, 5.74) is 12.2. The van der Waals surface area contributed by atoms with Crippen LogP contribution in [0, 0.1) is 41.5 Å². The molecule has 1 heterocycles. The minimum absolute atomic E-state index is 0.191. The van der Waals surface area contributed by atoms with Gasteiger partial charge >= 0.3 is 90.3 Å². The normalized spacial score (nSPS) is 13.6. The van der Waals surface area contributed by atoms with Crippen LogP contribution in [0.15, 0.2) is 48.5 Å². The van der Waals surface area contributed by atoms with Crippen LogP contribution in [0.4, 0.5) is 11.4 Å². The van der Waals surface area contributed by atoms with Crippen molar-refractivity contribution in [1.29, 1.82) is 0 Å². The van der Waals surface area contributed by atoms with Crippen LogP contribution in [-0.4, -0.2) is 30.5 Å². The van der Waals surface area contributed by atoms with Gasteiger partial charge < -0.3 is 9.80 Å². The Morgan fingerprint density at radius 3 is 1.64 bits per heavy atom. The Bertz CT molecular complexity index is 1110. The SMILES string of the molecule is CC(C)Oc1ccccc1[CH]=[Ru][Cl].Cc1cc(C)c(N2CCN(c3c(C)cc(C)cc3C)C2)c(C)c1. The number of aryl methyl sites for hydroxylation is 6. The Labute approximate surface area is 229 Å². The van der Waals surface area contributed by atoms with Gasteiger partial charge in [0.1, 0.15) is 0 Å². The van der Waals surface area contributed by atoms with Gasteiger partial charge in [-0.25, -0.2) is 0 Å². The summed E-state index contributed by atoms with van der Waals surface area (Å²) in [6.45, 7) is 20.5. The summed E-state index contributed by atoms with van der Waals surface area (Å²) in [6.07, 6.45) is 0.209. The molecule has 3 aromatic carbocycles. The summed E-state index contributed by atoms with van der Waals surface area (Å²) >= 11 is -0.191. The van der Waals surface area contributed by atoms with Crippen LogP contribution >= 0.6 is 9.69 Å². The number of hydrogen-bond acceptors (Lipinski definition) is 3. The zero-order chi connectivity index (χ0) is 26.4. The van der Waals surface area contributed by atoms with Crippen LogP contribution in [0.1, 0.15) is 52.8 Å². The zero-order valence-electron chi connectivity index (χ0n) is 22.9. The average molecular weight is 593 g/mol. The van der Waals surface area contributed by atoms with E-state index in [9.17, 15) is 0 Å². The van der Waals surface area contributed by atoms with E-state index in [4.69, 9.17) is 14.4 Å². The van der Waals surface area contributed by atoms with E-state index in [1.165, 1.54) is 44.8 Å². The van der Waals surface area contributed by atoms with Crippen molar-refractivity contribution in [2.24, 2.45) is 0 Å². The van der Waals surface area contributed by atoms with E-state index >= 15 is 0 Å². The van der Waals surface area contributed by atoms with E-state index in [0.717, 1.165) is 31.1 Å². The fourth-order valence-electron chi connectivity index (χ4n) is 5.26. The molecule has 3 aromatic rings. The van der Waals surface area contributed by atoms with Gasteiger partial charge in [-0.2, -0.15) is 0 Å². The number of anilines is 2. The van der Waals surface area contributed by atoms with Crippen molar-refractivity contribution >= 4 is 25.7 Å². The van der Waals surface area contributed by atoms with Crippen molar-refractivity contribution in [2.45, 2.75) is 61.5 Å². The van der Waals surface area contributed by atoms with E-state index in [1.807, 2.05) is 42.7 Å². The van der Waals surface area contributed by atoms with Crippen molar-refractivity contribution in [1.82, 2.24) is 0 Å². The van der Waals surface area contributed by atoms with Crippen LogP contribution < -0.4 is 14.5 Å². The fraction of sp³-hybridized carbons (Fsp3) is 0.387. The Morgan fingerprint density at radius 1 is 0.778 bits per heavy atom. The van der Waals surface area contributed by atoms with Gasteiger partial charge in [0.25, 0.3) is 0 Å². The van der Waals surface area contributed by atoms with Gasteiger partial charge in [-0.15, -0.1) is 0 Å². The molecule has 0 amide bonds. The minimum atomic E-state index is -0.191. The second kappa shape index (κ2) is 12.9. The number of halogens is 1. The van der Waals surface area contributed by atoms with Crippen molar-refractivity contribution in [3.8, 4) is 5.75 Å².